The van der Waals surface area contributed by atoms with Gasteiger partial charge in [-0.1, -0.05) is 31.2 Å². The molecule has 27 heavy (non-hydrogen) atoms. The highest BCUT2D eigenvalue weighted by atomic mass is 16.5. The first-order chi connectivity index (χ1) is 13.1. The fourth-order valence-corrected chi connectivity index (χ4v) is 4.74. The maximum atomic E-state index is 6.82. The molecule has 4 nitrogen and oxygen atoms in total. The highest BCUT2D eigenvalue weighted by Gasteiger charge is 2.60. The van der Waals surface area contributed by atoms with Crippen molar-refractivity contribution in [3.05, 3.63) is 60.3 Å². The van der Waals surface area contributed by atoms with Crippen LogP contribution in [0.25, 0.3) is 10.9 Å². The summed E-state index contributed by atoms with van der Waals surface area (Å²) in [7, 11) is 0. The molecular formula is C23H23N3O. The van der Waals surface area contributed by atoms with Crippen LogP contribution in [-0.4, -0.2) is 23.5 Å². The minimum absolute atomic E-state index is 0.195. The minimum atomic E-state index is -0.629. The van der Waals surface area contributed by atoms with Gasteiger partial charge in [0.25, 0.3) is 0 Å². The quantitative estimate of drug-likeness (QED) is 0.630. The Kier molecular flexibility index (Phi) is 3.36. The lowest BCUT2D eigenvalue weighted by Gasteiger charge is -2.47. The second kappa shape index (κ2) is 5.56. The summed E-state index contributed by atoms with van der Waals surface area (Å²) in [5.41, 5.74) is 3.44. The Morgan fingerprint density at radius 2 is 1.89 bits per heavy atom. The number of nitrogens with zero attached hydrogens (tertiary/aromatic N) is 3. The van der Waals surface area contributed by atoms with Crippen molar-refractivity contribution in [3.63, 3.8) is 0 Å². The average Bonchev–Trinajstić information content (AvgIpc) is 2.92. The number of rotatable bonds is 2. The number of benzene rings is 2. The summed E-state index contributed by atoms with van der Waals surface area (Å²) < 4.78 is 6.82. The van der Waals surface area contributed by atoms with Crippen LogP contribution in [0.2, 0.25) is 0 Å². The Morgan fingerprint density at radius 1 is 1.04 bits per heavy atom. The van der Waals surface area contributed by atoms with E-state index in [0.717, 1.165) is 35.3 Å². The Bertz CT molecular complexity index is 1080. The van der Waals surface area contributed by atoms with E-state index in [1.165, 1.54) is 11.3 Å². The molecule has 2 aliphatic rings. The summed E-state index contributed by atoms with van der Waals surface area (Å²) in [6, 6.07) is 16.7. The van der Waals surface area contributed by atoms with Crippen molar-refractivity contribution in [2.75, 3.05) is 11.4 Å². The van der Waals surface area contributed by atoms with Crippen LogP contribution in [0.4, 0.5) is 11.4 Å². The molecule has 0 N–H and O–H groups in total. The lowest BCUT2D eigenvalue weighted by atomic mass is 9.73. The molecule has 0 saturated carbocycles. The number of hydrogen-bond acceptors (Lipinski definition) is 4. The molecule has 2 aliphatic heterocycles. The predicted octanol–water partition coefficient (Wildman–Crippen LogP) is 5.23. The van der Waals surface area contributed by atoms with Gasteiger partial charge < -0.3 is 9.64 Å². The van der Waals surface area contributed by atoms with Crippen molar-refractivity contribution in [2.45, 2.75) is 38.3 Å². The van der Waals surface area contributed by atoms with Crippen LogP contribution in [0.3, 0.4) is 0 Å². The largest absolute Gasteiger partial charge is 0.459 e. The molecule has 3 aromatic rings. The summed E-state index contributed by atoms with van der Waals surface area (Å²) in [5, 5.41) is 1.08. The third kappa shape index (κ3) is 1.93. The maximum absolute atomic E-state index is 6.82. The zero-order valence-corrected chi connectivity index (χ0v) is 15.9. The van der Waals surface area contributed by atoms with E-state index in [4.69, 9.17) is 9.73 Å². The topological polar surface area (TPSA) is 37.7 Å². The summed E-state index contributed by atoms with van der Waals surface area (Å²) >= 11 is 0. The highest BCUT2D eigenvalue weighted by molar-refractivity contribution is 5.97. The van der Waals surface area contributed by atoms with E-state index in [2.05, 4.69) is 67.1 Å². The van der Waals surface area contributed by atoms with Gasteiger partial charge >= 0.3 is 0 Å². The van der Waals surface area contributed by atoms with Crippen LogP contribution in [0, 0.1) is 0 Å². The molecular weight excluding hydrogens is 334 g/mol. The fraction of sp³-hybridized carbons (Fsp3) is 0.304. The minimum Gasteiger partial charge on any atom is -0.459 e. The molecule has 0 saturated heterocycles. The normalized spacial score (nSPS) is 25.5. The maximum Gasteiger partial charge on any atom is 0.229 e. The molecule has 2 atom stereocenters. The molecule has 4 heteroatoms. The summed E-state index contributed by atoms with van der Waals surface area (Å²) in [6.45, 7) is 7.54. The predicted molar refractivity (Wildman–Crippen MR) is 110 cm³/mol. The van der Waals surface area contributed by atoms with Crippen molar-refractivity contribution < 1.29 is 4.74 Å². The van der Waals surface area contributed by atoms with Crippen molar-refractivity contribution >= 4 is 28.5 Å². The van der Waals surface area contributed by atoms with E-state index in [9.17, 15) is 0 Å². The third-order valence-corrected chi connectivity index (χ3v) is 6.35. The summed E-state index contributed by atoms with van der Waals surface area (Å²) in [4.78, 5) is 11.8. The molecule has 2 aromatic carbocycles. The van der Waals surface area contributed by atoms with Gasteiger partial charge in [-0.2, -0.15) is 0 Å². The van der Waals surface area contributed by atoms with Crippen molar-refractivity contribution in [2.24, 2.45) is 4.99 Å². The second-order valence-electron chi connectivity index (χ2n) is 7.49. The van der Waals surface area contributed by atoms with Gasteiger partial charge in [-0.15, -0.1) is 0 Å². The van der Waals surface area contributed by atoms with Gasteiger partial charge in [0.1, 0.15) is 5.69 Å². The molecule has 0 fully saturated rings. The number of anilines is 1. The zero-order chi connectivity index (χ0) is 18.6. The first-order valence-corrected chi connectivity index (χ1v) is 9.64. The highest BCUT2D eigenvalue weighted by Crippen LogP contribution is 2.55. The van der Waals surface area contributed by atoms with Gasteiger partial charge in [-0.25, -0.2) is 4.99 Å². The first-order valence-electron chi connectivity index (χ1n) is 9.64. The van der Waals surface area contributed by atoms with Gasteiger partial charge in [0, 0.05) is 23.8 Å². The molecule has 0 amide bonds. The van der Waals surface area contributed by atoms with E-state index in [1.807, 2.05) is 24.5 Å². The summed E-state index contributed by atoms with van der Waals surface area (Å²) in [5.74, 6) is 0.801. The van der Waals surface area contributed by atoms with Crippen LogP contribution in [0.15, 0.2) is 59.7 Å². The molecule has 136 valence electrons. The number of aromatic nitrogens is 1. The number of aliphatic imine (C=N–C) groups is 1. The van der Waals surface area contributed by atoms with Crippen molar-refractivity contribution in [1.82, 2.24) is 4.98 Å². The monoisotopic (exact) mass is 357 g/mol. The van der Waals surface area contributed by atoms with Crippen LogP contribution in [0.5, 0.6) is 5.75 Å². The Morgan fingerprint density at radius 3 is 2.70 bits per heavy atom. The van der Waals surface area contributed by atoms with Crippen molar-refractivity contribution in [1.29, 1.82) is 0 Å². The van der Waals surface area contributed by atoms with Gasteiger partial charge in [-0.05, 0) is 50.1 Å². The molecule has 1 spiro atoms. The zero-order valence-electron chi connectivity index (χ0n) is 15.9. The molecule has 0 bridgehead atoms. The number of fused-ring (bicyclic) bond motifs is 4. The van der Waals surface area contributed by atoms with Gasteiger partial charge in [0.05, 0.1) is 17.1 Å². The smallest absolute Gasteiger partial charge is 0.229 e. The molecule has 5 rings (SSSR count). The third-order valence-electron chi connectivity index (χ3n) is 6.35. The lowest BCUT2D eigenvalue weighted by Crippen LogP contribution is -2.63. The molecule has 0 aliphatic carbocycles. The van der Waals surface area contributed by atoms with E-state index in [-0.39, 0.29) is 5.41 Å². The van der Waals surface area contributed by atoms with Crippen LogP contribution in [0.1, 0.15) is 32.8 Å². The van der Waals surface area contributed by atoms with E-state index in [0.29, 0.717) is 0 Å². The first kappa shape index (κ1) is 16.3. The Balaban J connectivity index is 1.74. The molecule has 2 unspecified atom stereocenters. The molecule has 3 heterocycles. The lowest BCUT2D eigenvalue weighted by molar-refractivity contribution is 0.0669. The van der Waals surface area contributed by atoms with E-state index in [1.54, 1.807) is 0 Å². The van der Waals surface area contributed by atoms with Crippen LogP contribution < -0.4 is 9.64 Å². The molecule has 0 radical (unpaired) electrons. The number of hydrogen-bond donors (Lipinski definition) is 0. The fourth-order valence-electron chi connectivity index (χ4n) is 4.74. The second-order valence-corrected chi connectivity index (χ2v) is 7.49. The summed E-state index contributed by atoms with van der Waals surface area (Å²) in [6.07, 6.45) is 4.77. The standard InChI is InChI=1S/C23H23N3O/c1-4-22(3)17-10-6-7-11-18(17)26(5-2)23(22)15-25-21-19(27-23)13-12-16-9-8-14-24-20(16)21/h6-15H,4-5H2,1-3H3. The number of para-hydroxylation sites is 1. The van der Waals surface area contributed by atoms with Crippen molar-refractivity contribution in [3.8, 4) is 5.75 Å². The van der Waals surface area contributed by atoms with Gasteiger partial charge in [-0.3, -0.25) is 4.98 Å². The van der Waals surface area contributed by atoms with E-state index < -0.39 is 5.72 Å². The van der Waals surface area contributed by atoms with E-state index >= 15 is 0 Å². The van der Waals surface area contributed by atoms with Crippen LogP contribution in [-0.2, 0) is 5.41 Å². The number of likely N-dealkylation sites (N-methyl/N-ethyl adjacent to an activating group) is 1. The number of ether oxygens (including phenoxy) is 1. The Hall–Kier alpha value is -2.88. The average molecular weight is 357 g/mol. The number of pyridine rings is 1. The SMILES string of the molecule is CCN1c2ccccc2C(C)(CC)C12C=Nc1c(ccc3cccnc13)O2. The van der Waals surface area contributed by atoms with Gasteiger partial charge in [0.2, 0.25) is 5.72 Å². The van der Waals surface area contributed by atoms with Crippen LogP contribution >= 0.6 is 0 Å². The molecule has 1 aromatic heterocycles. The van der Waals surface area contributed by atoms with Gasteiger partial charge in [0.15, 0.2) is 5.75 Å². The Labute approximate surface area is 159 Å².